The Balaban J connectivity index is 1.90. The van der Waals surface area contributed by atoms with Gasteiger partial charge in [-0.15, -0.1) is 11.3 Å². The maximum absolute atomic E-state index is 13.7. The van der Waals surface area contributed by atoms with Crippen molar-refractivity contribution in [3.8, 4) is 0 Å². The first-order chi connectivity index (χ1) is 9.63. The molecule has 0 fully saturated rings. The van der Waals surface area contributed by atoms with Gasteiger partial charge in [0.15, 0.2) is 10.8 Å². The van der Waals surface area contributed by atoms with Gasteiger partial charge < -0.3 is 0 Å². The molecule has 0 bridgehead atoms. The van der Waals surface area contributed by atoms with Crippen LogP contribution in [0.3, 0.4) is 0 Å². The highest BCUT2D eigenvalue weighted by Crippen LogP contribution is 2.23. The van der Waals surface area contributed by atoms with Gasteiger partial charge in [0.2, 0.25) is 0 Å². The molecule has 1 heterocycles. The third-order valence-electron chi connectivity index (χ3n) is 3.08. The van der Waals surface area contributed by atoms with Gasteiger partial charge in [-0.25, -0.2) is 9.37 Å². The molecule has 0 radical (unpaired) electrons. The molecule has 0 saturated carbocycles. The lowest BCUT2D eigenvalue weighted by molar-refractivity contribution is 0.0991. The van der Waals surface area contributed by atoms with Crippen molar-refractivity contribution in [1.29, 1.82) is 0 Å². The molecule has 3 aromatic rings. The largest absolute Gasteiger partial charge is 0.291 e. The van der Waals surface area contributed by atoms with Gasteiger partial charge in [0.1, 0.15) is 5.82 Å². The first kappa shape index (κ1) is 12.9. The summed E-state index contributed by atoms with van der Waals surface area (Å²) < 4.78 is 14.7. The van der Waals surface area contributed by atoms with Crippen LogP contribution in [0.2, 0.25) is 0 Å². The third-order valence-corrected chi connectivity index (χ3v) is 4.16. The second kappa shape index (κ2) is 5.13. The van der Waals surface area contributed by atoms with E-state index in [1.54, 1.807) is 12.1 Å². The number of ketones is 1. The van der Waals surface area contributed by atoms with Gasteiger partial charge in [0.25, 0.3) is 0 Å². The number of aryl methyl sites for hydroxylation is 1. The average Bonchev–Trinajstić information content (AvgIpc) is 2.87. The van der Waals surface area contributed by atoms with E-state index in [2.05, 4.69) is 4.98 Å². The van der Waals surface area contributed by atoms with E-state index < -0.39 is 0 Å². The number of thiazole rings is 1. The number of hydrogen-bond acceptors (Lipinski definition) is 3. The Morgan fingerprint density at radius 2 is 2.05 bits per heavy atom. The number of hydrogen-bond donors (Lipinski definition) is 0. The van der Waals surface area contributed by atoms with Crippen LogP contribution < -0.4 is 0 Å². The molecule has 0 atom stereocenters. The zero-order chi connectivity index (χ0) is 14.1. The SMILES string of the molecule is Cc1ccc(F)c(CC(=O)c2nc3ccccc3s2)c1. The maximum Gasteiger partial charge on any atom is 0.195 e. The molecular formula is C16H12FNOS. The van der Waals surface area contributed by atoms with Crippen LogP contribution in [0.25, 0.3) is 10.2 Å². The molecule has 1 aromatic heterocycles. The topological polar surface area (TPSA) is 30.0 Å². The van der Waals surface area contributed by atoms with Gasteiger partial charge in [0, 0.05) is 6.42 Å². The summed E-state index contributed by atoms with van der Waals surface area (Å²) in [5.41, 5.74) is 2.18. The summed E-state index contributed by atoms with van der Waals surface area (Å²) in [4.78, 5) is 16.5. The highest BCUT2D eigenvalue weighted by Gasteiger charge is 2.15. The summed E-state index contributed by atoms with van der Waals surface area (Å²) in [7, 11) is 0. The summed E-state index contributed by atoms with van der Waals surface area (Å²) in [5, 5.41) is 0.437. The number of nitrogens with zero attached hydrogens (tertiary/aromatic N) is 1. The predicted octanol–water partition coefficient (Wildman–Crippen LogP) is 4.17. The minimum Gasteiger partial charge on any atom is -0.291 e. The van der Waals surface area contributed by atoms with Crippen molar-refractivity contribution in [1.82, 2.24) is 4.98 Å². The van der Waals surface area contributed by atoms with E-state index in [4.69, 9.17) is 0 Å². The number of para-hydroxylation sites is 1. The Morgan fingerprint density at radius 1 is 1.25 bits per heavy atom. The molecule has 0 spiro atoms. The molecule has 0 aliphatic rings. The number of aromatic nitrogens is 1. The van der Waals surface area contributed by atoms with Crippen LogP contribution in [-0.4, -0.2) is 10.8 Å². The number of carbonyl (C=O) groups excluding carboxylic acids is 1. The van der Waals surface area contributed by atoms with Crippen LogP contribution in [0, 0.1) is 12.7 Å². The number of Topliss-reactive ketones (excluding diaryl/α,β-unsaturated/α-hetero) is 1. The van der Waals surface area contributed by atoms with Crippen molar-refractivity contribution in [2.24, 2.45) is 0 Å². The highest BCUT2D eigenvalue weighted by molar-refractivity contribution is 7.20. The lowest BCUT2D eigenvalue weighted by Crippen LogP contribution is -2.05. The predicted molar refractivity (Wildman–Crippen MR) is 78.8 cm³/mol. The fourth-order valence-corrected chi connectivity index (χ4v) is 2.98. The van der Waals surface area contributed by atoms with Crippen LogP contribution in [0.1, 0.15) is 20.9 Å². The summed E-state index contributed by atoms with van der Waals surface area (Å²) >= 11 is 1.35. The fraction of sp³-hybridized carbons (Fsp3) is 0.125. The van der Waals surface area contributed by atoms with E-state index in [9.17, 15) is 9.18 Å². The molecule has 4 heteroatoms. The number of halogens is 1. The van der Waals surface area contributed by atoms with Gasteiger partial charge in [-0.05, 0) is 30.7 Å². The minimum atomic E-state index is -0.343. The molecule has 0 N–H and O–H groups in total. The second-order valence-electron chi connectivity index (χ2n) is 4.68. The molecule has 2 aromatic carbocycles. The lowest BCUT2D eigenvalue weighted by Gasteiger charge is -2.02. The number of carbonyl (C=O) groups is 1. The van der Waals surface area contributed by atoms with Crippen LogP contribution in [0.5, 0.6) is 0 Å². The fourth-order valence-electron chi connectivity index (χ4n) is 2.08. The summed E-state index contributed by atoms with van der Waals surface area (Å²) in [6.45, 7) is 1.88. The lowest BCUT2D eigenvalue weighted by atomic mass is 10.1. The standard InChI is InChI=1S/C16H12FNOS/c1-10-6-7-12(17)11(8-10)9-14(19)16-18-13-4-2-3-5-15(13)20-16/h2-8H,9H2,1H3. The quantitative estimate of drug-likeness (QED) is 0.676. The van der Waals surface area contributed by atoms with Gasteiger partial charge in [0.05, 0.1) is 10.2 Å². The molecule has 20 heavy (non-hydrogen) atoms. The molecule has 2 nitrogen and oxygen atoms in total. The Hall–Kier alpha value is -2.07. The van der Waals surface area contributed by atoms with Crippen LogP contribution in [0.4, 0.5) is 4.39 Å². The Morgan fingerprint density at radius 3 is 2.85 bits per heavy atom. The molecule has 0 aliphatic carbocycles. The molecule has 0 amide bonds. The van der Waals surface area contributed by atoms with E-state index in [1.165, 1.54) is 17.4 Å². The first-order valence-corrected chi connectivity index (χ1v) is 7.09. The molecule has 3 rings (SSSR count). The molecular weight excluding hydrogens is 273 g/mol. The number of fused-ring (bicyclic) bond motifs is 1. The minimum absolute atomic E-state index is 0.0489. The normalized spacial score (nSPS) is 10.9. The summed E-state index contributed by atoms with van der Waals surface area (Å²) in [5.74, 6) is -0.485. The number of benzene rings is 2. The van der Waals surface area contributed by atoms with Crippen molar-refractivity contribution < 1.29 is 9.18 Å². The van der Waals surface area contributed by atoms with E-state index in [-0.39, 0.29) is 18.0 Å². The van der Waals surface area contributed by atoms with Crippen molar-refractivity contribution in [3.63, 3.8) is 0 Å². The molecule has 0 aliphatic heterocycles. The Labute approximate surface area is 119 Å². The van der Waals surface area contributed by atoms with Crippen molar-refractivity contribution in [3.05, 3.63) is 64.4 Å². The average molecular weight is 285 g/mol. The molecule has 0 unspecified atom stereocenters. The summed E-state index contributed by atoms with van der Waals surface area (Å²) in [6.07, 6.45) is 0.0489. The summed E-state index contributed by atoms with van der Waals surface area (Å²) in [6, 6.07) is 12.4. The van der Waals surface area contributed by atoms with Crippen LogP contribution in [0.15, 0.2) is 42.5 Å². The maximum atomic E-state index is 13.7. The van der Waals surface area contributed by atoms with Crippen molar-refractivity contribution in [2.75, 3.05) is 0 Å². The van der Waals surface area contributed by atoms with Crippen LogP contribution in [-0.2, 0) is 6.42 Å². The van der Waals surface area contributed by atoms with Gasteiger partial charge >= 0.3 is 0 Å². The molecule has 0 saturated heterocycles. The zero-order valence-electron chi connectivity index (χ0n) is 10.9. The van der Waals surface area contributed by atoms with E-state index in [0.29, 0.717) is 10.6 Å². The first-order valence-electron chi connectivity index (χ1n) is 6.27. The Bertz CT molecular complexity index is 761. The van der Waals surface area contributed by atoms with Crippen molar-refractivity contribution >= 4 is 27.3 Å². The zero-order valence-corrected chi connectivity index (χ0v) is 11.7. The monoisotopic (exact) mass is 285 g/mol. The highest BCUT2D eigenvalue weighted by atomic mass is 32.1. The Kier molecular flexibility index (Phi) is 3.32. The number of rotatable bonds is 3. The molecule has 100 valence electrons. The van der Waals surface area contributed by atoms with Gasteiger partial charge in [-0.2, -0.15) is 0 Å². The van der Waals surface area contributed by atoms with Gasteiger partial charge in [-0.3, -0.25) is 4.79 Å². The van der Waals surface area contributed by atoms with Crippen molar-refractivity contribution in [2.45, 2.75) is 13.3 Å². The van der Waals surface area contributed by atoms with E-state index >= 15 is 0 Å². The third kappa shape index (κ3) is 2.47. The smallest absolute Gasteiger partial charge is 0.195 e. The van der Waals surface area contributed by atoms with Gasteiger partial charge in [-0.1, -0.05) is 29.8 Å². The second-order valence-corrected chi connectivity index (χ2v) is 5.71. The van der Waals surface area contributed by atoms with E-state index in [1.807, 2.05) is 31.2 Å². The van der Waals surface area contributed by atoms with Crippen LogP contribution >= 0.6 is 11.3 Å². The van der Waals surface area contributed by atoms with E-state index in [0.717, 1.165) is 15.8 Å².